The molecule has 0 bridgehead atoms. The first-order chi connectivity index (χ1) is 10.0. The van der Waals surface area contributed by atoms with E-state index in [0.29, 0.717) is 17.8 Å². The van der Waals surface area contributed by atoms with Crippen molar-refractivity contribution in [2.75, 3.05) is 7.05 Å². The number of aryl methyl sites for hydroxylation is 1. The van der Waals surface area contributed by atoms with E-state index in [1.54, 1.807) is 32.2 Å². The highest BCUT2D eigenvalue weighted by Crippen LogP contribution is 2.08. The van der Waals surface area contributed by atoms with Gasteiger partial charge in [-0.1, -0.05) is 12.1 Å². The Morgan fingerprint density at radius 1 is 1.38 bits per heavy atom. The number of nitrogens with zero attached hydrogens (tertiary/aromatic N) is 2. The van der Waals surface area contributed by atoms with Gasteiger partial charge in [0.1, 0.15) is 5.56 Å². The molecule has 1 heterocycles. The van der Waals surface area contributed by atoms with Gasteiger partial charge >= 0.3 is 0 Å². The van der Waals surface area contributed by atoms with Gasteiger partial charge in [-0.3, -0.25) is 9.59 Å². The van der Waals surface area contributed by atoms with Crippen LogP contribution in [0, 0.1) is 18.3 Å². The number of aromatic amines is 1. The molecule has 106 valence electrons. The summed E-state index contributed by atoms with van der Waals surface area (Å²) in [6.07, 6.45) is 1.43. The number of aromatic nitrogens is 1. The Morgan fingerprint density at radius 3 is 2.81 bits per heavy atom. The van der Waals surface area contributed by atoms with Crippen molar-refractivity contribution in [3.63, 3.8) is 0 Å². The molecule has 0 aliphatic heterocycles. The molecule has 2 aromatic rings. The van der Waals surface area contributed by atoms with Gasteiger partial charge in [0.25, 0.3) is 5.91 Å². The molecule has 1 N–H and O–H groups in total. The van der Waals surface area contributed by atoms with Crippen molar-refractivity contribution in [1.82, 2.24) is 9.88 Å². The summed E-state index contributed by atoms with van der Waals surface area (Å²) in [5, 5.41) is 8.87. The quantitative estimate of drug-likeness (QED) is 0.932. The average molecular weight is 281 g/mol. The second-order valence-corrected chi connectivity index (χ2v) is 4.87. The highest BCUT2D eigenvalue weighted by molar-refractivity contribution is 5.93. The van der Waals surface area contributed by atoms with Gasteiger partial charge in [0.05, 0.1) is 11.6 Å². The monoisotopic (exact) mass is 281 g/mol. The van der Waals surface area contributed by atoms with Crippen molar-refractivity contribution < 1.29 is 4.79 Å². The minimum Gasteiger partial charge on any atom is -0.364 e. The molecule has 21 heavy (non-hydrogen) atoms. The van der Waals surface area contributed by atoms with Crippen molar-refractivity contribution >= 4 is 5.91 Å². The molecule has 0 atom stereocenters. The number of nitrogens with one attached hydrogen (secondary N) is 1. The second-order valence-electron chi connectivity index (χ2n) is 4.87. The van der Waals surface area contributed by atoms with Crippen LogP contribution in [0.15, 0.2) is 41.3 Å². The van der Waals surface area contributed by atoms with E-state index in [4.69, 9.17) is 5.26 Å². The number of pyridine rings is 1. The fourth-order valence-corrected chi connectivity index (χ4v) is 2.03. The van der Waals surface area contributed by atoms with Crippen LogP contribution in [0.2, 0.25) is 0 Å². The summed E-state index contributed by atoms with van der Waals surface area (Å²) >= 11 is 0. The number of amides is 1. The largest absolute Gasteiger partial charge is 0.364 e. The molecular formula is C16H15N3O2. The number of rotatable bonds is 3. The maximum atomic E-state index is 12.3. The highest BCUT2D eigenvalue weighted by Gasteiger charge is 2.15. The van der Waals surface area contributed by atoms with Gasteiger partial charge in [-0.25, -0.2) is 0 Å². The number of hydrogen-bond acceptors (Lipinski definition) is 3. The molecule has 2 rings (SSSR count). The van der Waals surface area contributed by atoms with Crippen molar-refractivity contribution in [2.24, 2.45) is 0 Å². The molecule has 0 saturated heterocycles. The van der Waals surface area contributed by atoms with E-state index in [-0.39, 0.29) is 16.9 Å². The van der Waals surface area contributed by atoms with Gasteiger partial charge in [0.15, 0.2) is 5.43 Å². The average Bonchev–Trinajstić information content (AvgIpc) is 2.46. The zero-order valence-electron chi connectivity index (χ0n) is 11.9. The van der Waals surface area contributed by atoms with E-state index < -0.39 is 0 Å². The van der Waals surface area contributed by atoms with E-state index in [1.807, 2.05) is 6.07 Å². The molecule has 5 nitrogen and oxygen atoms in total. The first kappa shape index (κ1) is 14.5. The minimum absolute atomic E-state index is 0.111. The van der Waals surface area contributed by atoms with E-state index in [2.05, 4.69) is 11.1 Å². The number of carbonyl (C=O) groups excluding carboxylic acids is 1. The third kappa shape index (κ3) is 3.37. The zero-order chi connectivity index (χ0) is 15.4. The Balaban J connectivity index is 2.19. The number of hydrogen-bond donors (Lipinski definition) is 1. The van der Waals surface area contributed by atoms with Crippen molar-refractivity contribution in [1.29, 1.82) is 5.26 Å². The van der Waals surface area contributed by atoms with Crippen molar-refractivity contribution in [3.05, 3.63) is 69.1 Å². The molecule has 1 aromatic carbocycles. The Labute approximate surface area is 122 Å². The summed E-state index contributed by atoms with van der Waals surface area (Å²) in [5.74, 6) is -0.349. The maximum absolute atomic E-state index is 12.3. The molecule has 1 aromatic heterocycles. The lowest BCUT2D eigenvalue weighted by Gasteiger charge is -2.17. The lowest BCUT2D eigenvalue weighted by atomic mass is 10.1. The van der Waals surface area contributed by atoms with Crippen LogP contribution in [0.1, 0.15) is 27.2 Å². The number of nitriles is 1. The molecule has 0 unspecified atom stereocenters. The van der Waals surface area contributed by atoms with E-state index in [9.17, 15) is 9.59 Å². The third-order valence-corrected chi connectivity index (χ3v) is 3.11. The van der Waals surface area contributed by atoms with Crippen LogP contribution >= 0.6 is 0 Å². The number of benzene rings is 1. The fourth-order valence-electron chi connectivity index (χ4n) is 2.03. The zero-order valence-corrected chi connectivity index (χ0v) is 11.9. The molecule has 0 radical (unpaired) electrons. The lowest BCUT2D eigenvalue weighted by Crippen LogP contribution is -2.30. The Bertz CT molecular complexity index is 772. The maximum Gasteiger partial charge on any atom is 0.259 e. The topological polar surface area (TPSA) is 77.0 Å². The van der Waals surface area contributed by atoms with Gasteiger partial charge in [0.2, 0.25) is 0 Å². The standard InChI is InChI=1S/C16H15N3O2/c1-11-6-15(20)14(9-18-11)16(21)19(2)10-13-5-3-4-12(7-13)8-17/h3-7,9H,10H2,1-2H3,(H,18,20). The highest BCUT2D eigenvalue weighted by atomic mass is 16.2. The van der Waals surface area contributed by atoms with E-state index in [1.165, 1.54) is 17.2 Å². The van der Waals surface area contributed by atoms with E-state index in [0.717, 1.165) is 5.56 Å². The minimum atomic E-state index is -0.349. The Hall–Kier alpha value is -2.87. The van der Waals surface area contributed by atoms with Gasteiger partial charge in [-0.15, -0.1) is 0 Å². The Kier molecular flexibility index (Phi) is 4.19. The number of H-pyrrole nitrogens is 1. The van der Waals surface area contributed by atoms with Crippen LogP contribution in [0.5, 0.6) is 0 Å². The van der Waals surface area contributed by atoms with Crippen molar-refractivity contribution in [2.45, 2.75) is 13.5 Å². The molecular weight excluding hydrogens is 266 g/mol. The third-order valence-electron chi connectivity index (χ3n) is 3.11. The summed E-state index contributed by atoms with van der Waals surface area (Å²) in [6, 6.07) is 10.5. The summed E-state index contributed by atoms with van der Waals surface area (Å²) in [6.45, 7) is 2.09. The predicted octanol–water partition coefficient (Wildman–Crippen LogP) is 1.83. The molecule has 0 aliphatic carbocycles. The molecule has 0 fully saturated rings. The SMILES string of the molecule is Cc1cc(=O)c(C(=O)N(C)Cc2cccc(C#N)c2)c[nH]1. The van der Waals surface area contributed by atoms with Crippen LogP contribution in [0.4, 0.5) is 0 Å². The molecule has 0 saturated carbocycles. The number of carbonyl (C=O) groups is 1. The van der Waals surface area contributed by atoms with Gasteiger partial charge in [-0.2, -0.15) is 5.26 Å². The summed E-state index contributed by atoms with van der Waals surface area (Å²) in [7, 11) is 1.63. The first-order valence-electron chi connectivity index (χ1n) is 6.45. The predicted molar refractivity (Wildman–Crippen MR) is 78.8 cm³/mol. The lowest BCUT2D eigenvalue weighted by molar-refractivity contribution is 0.0783. The van der Waals surface area contributed by atoms with Crippen LogP contribution in [0.3, 0.4) is 0 Å². The van der Waals surface area contributed by atoms with Gasteiger partial charge in [-0.05, 0) is 24.6 Å². The van der Waals surface area contributed by atoms with Gasteiger partial charge in [0, 0.05) is 31.5 Å². The summed E-state index contributed by atoms with van der Waals surface area (Å²) in [5.41, 5.74) is 1.91. The molecule has 0 aliphatic rings. The second kappa shape index (κ2) is 6.06. The van der Waals surface area contributed by atoms with Crippen molar-refractivity contribution in [3.8, 4) is 6.07 Å². The van der Waals surface area contributed by atoms with Gasteiger partial charge < -0.3 is 9.88 Å². The van der Waals surface area contributed by atoms with E-state index >= 15 is 0 Å². The normalized spacial score (nSPS) is 9.95. The van der Waals surface area contributed by atoms with Crippen LogP contribution in [-0.2, 0) is 6.54 Å². The van der Waals surface area contributed by atoms with Crippen LogP contribution < -0.4 is 5.43 Å². The Morgan fingerprint density at radius 2 is 2.14 bits per heavy atom. The first-order valence-corrected chi connectivity index (χ1v) is 6.45. The molecule has 0 spiro atoms. The molecule has 1 amide bonds. The van der Waals surface area contributed by atoms with Crippen LogP contribution in [0.25, 0.3) is 0 Å². The summed E-state index contributed by atoms with van der Waals surface area (Å²) in [4.78, 5) is 28.4. The summed E-state index contributed by atoms with van der Waals surface area (Å²) < 4.78 is 0. The fraction of sp³-hybridized carbons (Fsp3) is 0.188. The van der Waals surface area contributed by atoms with Crippen LogP contribution in [-0.4, -0.2) is 22.8 Å². The smallest absolute Gasteiger partial charge is 0.259 e. The molecule has 5 heteroatoms.